The molecule has 0 aliphatic heterocycles. The van der Waals surface area contributed by atoms with Gasteiger partial charge >= 0.3 is 18.3 Å². The van der Waals surface area contributed by atoms with E-state index in [2.05, 4.69) is 15.5 Å². The van der Waals surface area contributed by atoms with Gasteiger partial charge < -0.3 is 5.32 Å². The molecule has 1 saturated carbocycles. The van der Waals surface area contributed by atoms with Crippen LogP contribution in [0.15, 0.2) is 30.5 Å². The van der Waals surface area contributed by atoms with Crippen LogP contribution in [-0.2, 0) is 19.1 Å². The number of nitrogens with zero attached hydrogens (tertiary/aromatic N) is 5. The lowest BCUT2D eigenvalue weighted by molar-refractivity contribution is -0.292. The van der Waals surface area contributed by atoms with Crippen molar-refractivity contribution in [3.05, 3.63) is 52.3 Å². The fourth-order valence-corrected chi connectivity index (χ4v) is 3.21. The number of hydrogen-bond acceptors (Lipinski definition) is 4. The minimum absolute atomic E-state index is 0.186. The van der Waals surface area contributed by atoms with Gasteiger partial charge in [0.2, 0.25) is 0 Å². The summed E-state index contributed by atoms with van der Waals surface area (Å²) in [7, 11) is 0. The summed E-state index contributed by atoms with van der Waals surface area (Å²) >= 11 is 6.01. The van der Waals surface area contributed by atoms with Gasteiger partial charge in [-0.3, -0.25) is 4.79 Å². The number of halogens is 9. The SMILES string of the molecule is [2H]c1nn(-c2c(C(F)(F)F)c(C(F)(F)C(F)(F)F)nn2C([2H])([2H])[2H])c([2H])c1-c1c([2H])c([2H])c(Cl)c(C(=O)NC2(C#N)CC2)c1[2H]. The Labute approximate surface area is 218 Å². The number of carbonyl (C=O) groups is 1. The van der Waals surface area contributed by atoms with Gasteiger partial charge in [0, 0.05) is 22.8 Å². The maximum absolute atomic E-state index is 14.3. The summed E-state index contributed by atoms with van der Waals surface area (Å²) in [5, 5.41) is 16.3. The van der Waals surface area contributed by atoms with Gasteiger partial charge in [0.25, 0.3) is 5.91 Å². The van der Waals surface area contributed by atoms with Crippen LogP contribution in [-0.4, -0.2) is 37.2 Å². The van der Waals surface area contributed by atoms with Crippen LogP contribution in [0.1, 0.15) is 45.4 Å². The van der Waals surface area contributed by atoms with Crippen molar-refractivity contribution in [2.75, 3.05) is 0 Å². The van der Waals surface area contributed by atoms with Gasteiger partial charge in [-0.2, -0.15) is 50.6 Å². The smallest absolute Gasteiger partial charge is 0.334 e. The number of nitriles is 1. The lowest BCUT2D eigenvalue weighted by Crippen LogP contribution is -2.36. The van der Waals surface area contributed by atoms with E-state index >= 15 is 0 Å². The number of hydrogen-bond donors (Lipinski definition) is 1. The highest BCUT2D eigenvalue weighted by molar-refractivity contribution is 6.34. The lowest BCUT2D eigenvalue weighted by atomic mass is 10.1. The number of rotatable bonds is 5. The van der Waals surface area contributed by atoms with Crippen LogP contribution in [0.3, 0.4) is 0 Å². The molecule has 4 rings (SSSR count). The minimum Gasteiger partial charge on any atom is -0.334 e. The van der Waals surface area contributed by atoms with E-state index in [-0.39, 0.29) is 12.8 Å². The van der Waals surface area contributed by atoms with Crippen molar-refractivity contribution in [3.8, 4) is 23.0 Å². The quantitative estimate of drug-likeness (QED) is 0.424. The molecule has 7 nitrogen and oxygen atoms in total. The summed E-state index contributed by atoms with van der Waals surface area (Å²) in [6.45, 7) is -4.02. The van der Waals surface area contributed by atoms with E-state index in [9.17, 15) is 45.2 Å². The van der Waals surface area contributed by atoms with Crippen LogP contribution in [0.2, 0.25) is 5.02 Å². The van der Waals surface area contributed by atoms with Crippen molar-refractivity contribution in [1.82, 2.24) is 24.9 Å². The minimum atomic E-state index is -6.71. The Bertz CT molecular complexity index is 1790. The molecule has 196 valence electrons. The molecule has 0 atom stereocenters. The Morgan fingerprint density at radius 2 is 1.89 bits per heavy atom. The Morgan fingerprint density at radius 1 is 1.22 bits per heavy atom. The van der Waals surface area contributed by atoms with E-state index in [1.807, 2.05) is 0 Å². The molecule has 0 saturated heterocycles. The molecule has 0 bridgehead atoms. The maximum Gasteiger partial charge on any atom is 0.459 e. The molecule has 1 N–H and O–H groups in total. The molecule has 1 amide bonds. The molecule has 2 heterocycles. The Hall–Kier alpha value is -3.67. The third kappa shape index (κ3) is 4.61. The van der Waals surface area contributed by atoms with Gasteiger partial charge in [0.05, 0.1) is 29.7 Å². The zero-order valence-electron chi connectivity index (χ0n) is 25.5. The van der Waals surface area contributed by atoms with Gasteiger partial charge in [0.15, 0.2) is 11.5 Å². The summed E-state index contributed by atoms with van der Waals surface area (Å²) in [6.07, 6.45) is -15.5. The van der Waals surface area contributed by atoms with Crippen LogP contribution < -0.4 is 5.32 Å². The number of alkyl halides is 8. The Balaban J connectivity index is 2.08. The van der Waals surface area contributed by atoms with Crippen LogP contribution >= 0.6 is 11.6 Å². The van der Waals surface area contributed by atoms with Crippen LogP contribution in [0, 0.1) is 11.3 Å². The van der Waals surface area contributed by atoms with Gasteiger partial charge in [-0.25, -0.2) is 9.36 Å². The fourth-order valence-electron chi connectivity index (χ4n) is 3.03. The lowest BCUT2D eigenvalue weighted by Gasteiger charge is -2.19. The number of carbonyl (C=O) groups excluding carboxylic acids is 1. The van der Waals surface area contributed by atoms with Crippen LogP contribution in [0.25, 0.3) is 16.9 Å². The van der Waals surface area contributed by atoms with Gasteiger partial charge in [-0.05, 0) is 30.5 Å². The number of amides is 1. The highest BCUT2D eigenvalue weighted by Gasteiger charge is 2.64. The average molecular weight is 561 g/mol. The first kappa shape index (κ1) is 17.7. The molecule has 3 aromatic rings. The normalized spacial score (nSPS) is 18.8. The molecule has 1 aromatic carbocycles. The molecule has 2 aromatic heterocycles. The Morgan fingerprint density at radius 3 is 2.43 bits per heavy atom. The third-order valence-corrected chi connectivity index (χ3v) is 5.32. The zero-order valence-corrected chi connectivity index (χ0v) is 18.2. The van der Waals surface area contributed by atoms with Crippen LogP contribution in [0.5, 0.6) is 0 Å². The molecule has 1 fully saturated rings. The van der Waals surface area contributed by atoms with Crippen molar-refractivity contribution >= 4 is 17.5 Å². The van der Waals surface area contributed by atoms with Gasteiger partial charge in [0.1, 0.15) is 11.1 Å². The van der Waals surface area contributed by atoms with E-state index in [4.69, 9.17) is 22.6 Å². The molecule has 37 heavy (non-hydrogen) atoms. The zero-order chi connectivity index (χ0) is 34.4. The van der Waals surface area contributed by atoms with E-state index in [1.165, 1.54) is 0 Å². The van der Waals surface area contributed by atoms with Crippen molar-refractivity contribution in [1.29, 1.82) is 5.26 Å². The monoisotopic (exact) mass is 560 g/mol. The molecular weight excluding hydrogens is 540 g/mol. The standard InChI is InChI=1S/C21H13ClF8N6O/c1-35-17(14(20(25,26)27)15(34-35)19(23,24)21(28,29)30)36-8-11(7-32-36)10-2-3-13(22)12(6-10)16(37)33-18(9-31)4-5-18/h2-3,6-8H,4-5H2,1H3,(H,33,37)/i1D3,2D,3D,6D,7D,8D. The number of nitrogens with one attached hydrogen (secondary N) is 1. The molecule has 16 heteroatoms. The highest BCUT2D eigenvalue weighted by atomic mass is 35.5. The third-order valence-electron chi connectivity index (χ3n) is 5.04. The van der Waals surface area contributed by atoms with E-state index in [1.54, 1.807) is 6.07 Å². The molecule has 0 unspecified atom stereocenters. The summed E-state index contributed by atoms with van der Waals surface area (Å²) in [5.74, 6) is -9.80. The topological polar surface area (TPSA) is 88.5 Å². The first-order valence-corrected chi connectivity index (χ1v) is 9.96. The highest BCUT2D eigenvalue weighted by Crippen LogP contribution is 2.49. The predicted octanol–water partition coefficient (Wildman–Crippen LogP) is 5.39. The van der Waals surface area contributed by atoms with Crippen molar-refractivity contribution in [3.63, 3.8) is 0 Å². The first-order valence-electron chi connectivity index (χ1n) is 13.6. The Kier molecular flexibility index (Phi) is 4.04. The van der Waals surface area contributed by atoms with E-state index in [0.717, 1.165) is 0 Å². The van der Waals surface area contributed by atoms with Crippen molar-refractivity contribution in [2.24, 2.45) is 6.98 Å². The first-order chi connectivity index (χ1) is 20.3. The second-order valence-electron chi connectivity index (χ2n) is 7.63. The predicted molar refractivity (Wildman–Crippen MR) is 111 cm³/mol. The number of aromatic nitrogens is 4. The molecular formula is C21H13ClF8N6O. The van der Waals surface area contributed by atoms with E-state index < -0.39 is 115 Å². The van der Waals surface area contributed by atoms with Crippen molar-refractivity contribution in [2.45, 2.75) is 36.7 Å². The summed E-state index contributed by atoms with van der Waals surface area (Å²) in [6, 6.07) is -1.43. The summed E-state index contributed by atoms with van der Waals surface area (Å²) in [4.78, 5) is 12.9. The largest absolute Gasteiger partial charge is 0.459 e. The molecule has 0 radical (unpaired) electrons. The van der Waals surface area contributed by atoms with Crippen molar-refractivity contribution < 1.29 is 50.9 Å². The fraction of sp³-hybridized carbons (Fsp3) is 0.333. The molecule has 1 aliphatic carbocycles. The summed E-state index contributed by atoms with van der Waals surface area (Å²) in [5.41, 5.74) is -10.5. The number of aryl methyl sites for hydroxylation is 1. The second kappa shape index (κ2) is 8.44. The van der Waals surface area contributed by atoms with Gasteiger partial charge in [-0.1, -0.05) is 17.6 Å². The average Bonchev–Trinajstić information content (AvgIpc) is 3.41. The number of benzene rings is 1. The van der Waals surface area contributed by atoms with E-state index in [0.29, 0.717) is 0 Å². The second-order valence-corrected chi connectivity index (χ2v) is 8.00. The molecule has 1 aliphatic rings. The maximum atomic E-state index is 14.3. The van der Waals surface area contributed by atoms with Gasteiger partial charge in [-0.15, -0.1) is 0 Å². The summed E-state index contributed by atoms with van der Waals surface area (Å²) < 4.78 is 173. The van der Waals surface area contributed by atoms with Crippen LogP contribution in [0.4, 0.5) is 35.1 Å². The molecule has 0 spiro atoms.